The molecule has 0 spiro atoms. The number of nitrogens with one attached hydrogen (secondary N) is 2. The zero-order valence-electron chi connectivity index (χ0n) is 15.3. The molecule has 1 unspecified atom stereocenters. The third kappa shape index (κ3) is 2.76. The zero-order valence-corrected chi connectivity index (χ0v) is 15.3. The van der Waals surface area contributed by atoms with E-state index < -0.39 is 0 Å². The lowest BCUT2D eigenvalue weighted by atomic mass is 9.93. The van der Waals surface area contributed by atoms with E-state index in [4.69, 9.17) is 4.74 Å². The number of benzene rings is 2. The fourth-order valence-electron chi connectivity index (χ4n) is 3.78. The molecule has 7 heteroatoms. The summed E-state index contributed by atoms with van der Waals surface area (Å²) < 4.78 is 7.30. The van der Waals surface area contributed by atoms with Gasteiger partial charge in [-0.25, -0.2) is 4.68 Å². The predicted octanol–water partition coefficient (Wildman–Crippen LogP) is 3.24. The van der Waals surface area contributed by atoms with Crippen LogP contribution in [0.2, 0.25) is 0 Å². The van der Waals surface area contributed by atoms with Gasteiger partial charge < -0.3 is 15.4 Å². The number of carbonyl (C=O) groups is 1. The first kappa shape index (κ1) is 16.7. The number of amides is 1. The summed E-state index contributed by atoms with van der Waals surface area (Å²) in [4.78, 5) is 17.5. The van der Waals surface area contributed by atoms with Gasteiger partial charge in [0.1, 0.15) is 12.4 Å². The van der Waals surface area contributed by atoms with Crippen molar-refractivity contribution in [3.63, 3.8) is 0 Å². The molecular weight excluding hydrogens is 354 g/mol. The second-order valence-electron chi connectivity index (χ2n) is 6.94. The fourth-order valence-corrected chi connectivity index (χ4v) is 3.78. The predicted molar refractivity (Wildman–Crippen MR) is 104 cm³/mol. The molecule has 0 fully saturated rings. The first-order chi connectivity index (χ1) is 13.7. The van der Waals surface area contributed by atoms with E-state index in [9.17, 15) is 4.79 Å². The minimum absolute atomic E-state index is 0.168. The number of hydrogen-bond acceptors (Lipinski definition) is 5. The highest BCUT2D eigenvalue weighted by Gasteiger charge is 2.34. The van der Waals surface area contributed by atoms with Crippen molar-refractivity contribution < 1.29 is 9.53 Å². The van der Waals surface area contributed by atoms with Crippen LogP contribution in [0.4, 0.5) is 11.6 Å². The summed E-state index contributed by atoms with van der Waals surface area (Å²) in [6.07, 6.45) is 1.50. The number of rotatable bonds is 3. The van der Waals surface area contributed by atoms with Crippen molar-refractivity contribution in [2.24, 2.45) is 0 Å². The molecule has 3 heterocycles. The topological polar surface area (TPSA) is 81.1 Å². The fraction of sp³-hybridized carbons (Fsp3) is 0.190. The third-order valence-corrected chi connectivity index (χ3v) is 5.13. The number of aromatic nitrogens is 3. The highest BCUT2D eigenvalue weighted by molar-refractivity contribution is 6.06. The van der Waals surface area contributed by atoms with Crippen LogP contribution in [0.5, 0.6) is 0 Å². The van der Waals surface area contributed by atoms with Crippen LogP contribution < -0.4 is 10.6 Å². The molecule has 2 aliphatic heterocycles. The van der Waals surface area contributed by atoms with Gasteiger partial charge in [-0.15, -0.1) is 0 Å². The van der Waals surface area contributed by atoms with Crippen molar-refractivity contribution in [2.75, 3.05) is 10.6 Å². The molecule has 0 radical (unpaired) electrons. The molecule has 28 heavy (non-hydrogen) atoms. The van der Waals surface area contributed by atoms with Gasteiger partial charge in [0.25, 0.3) is 5.91 Å². The van der Waals surface area contributed by atoms with Crippen molar-refractivity contribution >= 4 is 17.5 Å². The Balaban J connectivity index is 1.58. The Morgan fingerprint density at radius 1 is 1.18 bits per heavy atom. The van der Waals surface area contributed by atoms with Crippen LogP contribution in [0.15, 0.2) is 66.1 Å². The third-order valence-electron chi connectivity index (χ3n) is 5.13. The van der Waals surface area contributed by atoms with Crippen molar-refractivity contribution in [3.05, 3.63) is 82.8 Å². The lowest BCUT2D eigenvalue weighted by Crippen LogP contribution is -2.31. The maximum atomic E-state index is 13.2. The molecule has 5 rings (SSSR count). The summed E-state index contributed by atoms with van der Waals surface area (Å²) in [6, 6.07) is 15.3. The molecule has 2 N–H and O–H groups in total. The Labute approximate surface area is 162 Å². The molecule has 1 amide bonds. The van der Waals surface area contributed by atoms with E-state index in [-0.39, 0.29) is 11.9 Å². The number of para-hydroxylation sites is 1. The SMILES string of the molecule is CC1=C(C(=O)Nc2ccccc2)C(c2ccc3c(c2)COC3)n2ncnc2N1. The van der Waals surface area contributed by atoms with Gasteiger partial charge in [0.15, 0.2) is 0 Å². The number of hydrogen-bond donors (Lipinski definition) is 2. The zero-order chi connectivity index (χ0) is 19.1. The average Bonchev–Trinajstić information content (AvgIpc) is 3.35. The summed E-state index contributed by atoms with van der Waals surface area (Å²) in [6.45, 7) is 3.11. The Kier molecular flexibility index (Phi) is 3.95. The molecule has 7 nitrogen and oxygen atoms in total. The van der Waals surface area contributed by atoms with E-state index in [0.29, 0.717) is 24.7 Å². The van der Waals surface area contributed by atoms with Crippen LogP contribution in [0.3, 0.4) is 0 Å². The van der Waals surface area contributed by atoms with Crippen LogP contribution in [-0.4, -0.2) is 20.7 Å². The first-order valence-electron chi connectivity index (χ1n) is 9.14. The second kappa shape index (κ2) is 6.61. The van der Waals surface area contributed by atoms with Crippen LogP contribution in [0, 0.1) is 0 Å². The average molecular weight is 373 g/mol. The lowest BCUT2D eigenvalue weighted by molar-refractivity contribution is -0.113. The molecule has 2 aliphatic rings. The van der Waals surface area contributed by atoms with Gasteiger partial charge in [-0.2, -0.15) is 10.1 Å². The minimum atomic E-state index is -0.367. The molecule has 1 aromatic heterocycles. The van der Waals surface area contributed by atoms with Gasteiger partial charge in [-0.3, -0.25) is 4.79 Å². The maximum absolute atomic E-state index is 13.2. The van der Waals surface area contributed by atoms with Gasteiger partial charge in [-0.1, -0.05) is 36.4 Å². The van der Waals surface area contributed by atoms with E-state index in [1.807, 2.05) is 43.3 Å². The number of anilines is 2. The van der Waals surface area contributed by atoms with Crippen LogP contribution >= 0.6 is 0 Å². The Morgan fingerprint density at radius 3 is 2.86 bits per heavy atom. The van der Waals surface area contributed by atoms with Crippen molar-refractivity contribution in [1.82, 2.24) is 14.8 Å². The van der Waals surface area contributed by atoms with Crippen LogP contribution in [0.1, 0.15) is 29.7 Å². The van der Waals surface area contributed by atoms with Crippen molar-refractivity contribution in [2.45, 2.75) is 26.2 Å². The van der Waals surface area contributed by atoms with Gasteiger partial charge >= 0.3 is 0 Å². The van der Waals surface area contributed by atoms with E-state index in [1.54, 1.807) is 4.68 Å². The molecule has 3 aromatic rings. The van der Waals surface area contributed by atoms with Gasteiger partial charge in [0, 0.05) is 11.4 Å². The molecule has 0 bridgehead atoms. The summed E-state index contributed by atoms with van der Waals surface area (Å²) in [5, 5.41) is 10.6. The standard InChI is InChI=1S/C21H19N5O2/c1-13-18(20(27)25-17-5-3-2-4-6-17)19(26-21(24-13)22-12-23-26)14-7-8-15-10-28-11-16(15)9-14/h2-9,12,19H,10-11H2,1H3,(H,25,27)(H,22,23,24). The molecule has 140 valence electrons. The number of ether oxygens (including phenoxy) is 1. The van der Waals surface area contributed by atoms with E-state index in [2.05, 4.69) is 32.8 Å². The number of allylic oxidation sites excluding steroid dienone is 1. The van der Waals surface area contributed by atoms with Gasteiger partial charge in [0.05, 0.1) is 18.8 Å². The largest absolute Gasteiger partial charge is 0.372 e. The Bertz CT molecular complexity index is 1090. The maximum Gasteiger partial charge on any atom is 0.255 e. The van der Waals surface area contributed by atoms with E-state index in [0.717, 1.165) is 22.5 Å². The molecule has 0 saturated carbocycles. The quantitative estimate of drug-likeness (QED) is 0.737. The monoisotopic (exact) mass is 373 g/mol. The summed E-state index contributed by atoms with van der Waals surface area (Å²) >= 11 is 0. The Morgan fingerprint density at radius 2 is 2.00 bits per heavy atom. The van der Waals surface area contributed by atoms with Crippen LogP contribution in [-0.2, 0) is 22.7 Å². The Hall–Kier alpha value is -3.45. The van der Waals surface area contributed by atoms with Gasteiger partial charge in [0.2, 0.25) is 5.95 Å². The normalized spacial score (nSPS) is 17.7. The lowest BCUT2D eigenvalue weighted by Gasteiger charge is -2.29. The number of fused-ring (bicyclic) bond motifs is 2. The molecule has 2 aromatic carbocycles. The molecule has 0 aliphatic carbocycles. The van der Waals surface area contributed by atoms with Crippen molar-refractivity contribution in [3.8, 4) is 0 Å². The van der Waals surface area contributed by atoms with E-state index in [1.165, 1.54) is 11.9 Å². The summed E-state index contributed by atoms with van der Waals surface area (Å²) in [5.41, 5.74) is 5.44. The highest BCUT2D eigenvalue weighted by Crippen LogP contribution is 2.36. The highest BCUT2D eigenvalue weighted by atomic mass is 16.5. The van der Waals surface area contributed by atoms with Crippen molar-refractivity contribution in [1.29, 1.82) is 0 Å². The number of nitrogens with zero attached hydrogens (tertiary/aromatic N) is 3. The number of carbonyl (C=O) groups excluding carboxylic acids is 1. The molecule has 1 atom stereocenters. The first-order valence-corrected chi connectivity index (χ1v) is 9.14. The summed E-state index contributed by atoms with van der Waals surface area (Å²) in [5.74, 6) is 0.453. The molecule has 0 saturated heterocycles. The van der Waals surface area contributed by atoms with Crippen LogP contribution in [0.25, 0.3) is 0 Å². The molecular formula is C21H19N5O2. The summed E-state index contributed by atoms with van der Waals surface area (Å²) in [7, 11) is 0. The van der Waals surface area contributed by atoms with E-state index >= 15 is 0 Å². The smallest absolute Gasteiger partial charge is 0.255 e. The van der Waals surface area contributed by atoms with Gasteiger partial charge in [-0.05, 0) is 35.7 Å². The second-order valence-corrected chi connectivity index (χ2v) is 6.94. The minimum Gasteiger partial charge on any atom is -0.372 e.